The van der Waals surface area contributed by atoms with Gasteiger partial charge in [0.25, 0.3) is 11.6 Å². The van der Waals surface area contributed by atoms with E-state index >= 15 is 0 Å². The predicted octanol–water partition coefficient (Wildman–Crippen LogP) is 1.47. The van der Waals surface area contributed by atoms with Crippen molar-refractivity contribution in [3.8, 4) is 0 Å². The number of hydrogen-bond acceptors (Lipinski definition) is 3. The lowest BCUT2D eigenvalue weighted by Crippen LogP contribution is -3.06. The van der Waals surface area contributed by atoms with E-state index in [-0.39, 0.29) is 0 Å². The minimum atomic E-state index is -2.18. The van der Waals surface area contributed by atoms with Gasteiger partial charge in [-0.05, 0) is 42.3 Å². The molecule has 1 aliphatic rings. The van der Waals surface area contributed by atoms with Gasteiger partial charge in [0.15, 0.2) is 0 Å². The third kappa shape index (κ3) is 4.14. The topological polar surface area (TPSA) is 86.1 Å². The van der Waals surface area contributed by atoms with E-state index in [1.54, 1.807) is 30.3 Å². The van der Waals surface area contributed by atoms with E-state index in [0.29, 0.717) is 34.5 Å². The molecule has 1 unspecified atom stereocenters. The van der Waals surface area contributed by atoms with Crippen molar-refractivity contribution in [1.29, 1.82) is 0 Å². The van der Waals surface area contributed by atoms with Crippen LogP contribution >= 0.6 is 15.9 Å². The molecular formula is C21H26BrN4O3+. The lowest BCUT2D eigenvalue weighted by atomic mass is 9.94. The molecule has 3 amide bonds. The van der Waals surface area contributed by atoms with Crippen LogP contribution in [0.1, 0.15) is 18.1 Å². The average molecular weight is 462 g/mol. The molecular weight excluding hydrogens is 436 g/mol. The normalized spacial score (nSPS) is 18.4. The van der Waals surface area contributed by atoms with E-state index in [1.807, 2.05) is 33.2 Å². The Bertz CT molecular complexity index is 917. The van der Waals surface area contributed by atoms with E-state index < -0.39 is 17.7 Å². The number of urea groups is 1. The summed E-state index contributed by atoms with van der Waals surface area (Å²) >= 11 is 3.40. The number of hydrogen-bond donors (Lipinski definition) is 4. The molecule has 3 rings (SSSR count). The van der Waals surface area contributed by atoms with E-state index in [2.05, 4.69) is 26.6 Å². The smallest absolute Gasteiger partial charge is 0.329 e. The Morgan fingerprint density at radius 1 is 1.24 bits per heavy atom. The highest BCUT2D eigenvalue weighted by molar-refractivity contribution is 9.10. The molecule has 0 spiro atoms. The molecule has 0 saturated carbocycles. The summed E-state index contributed by atoms with van der Waals surface area (Å²) in [6, 6.07) is 11.7. The summed E-state index contributed by atoms with van der Waals surface area (Å²) in [5.74, 6) is -0.646. The summed E-state index contributed by atoms with van der Waals surface area (Å²) in [5, 5.41) is 17.3. The van der Waals surface area contributed by atoms with Crippen LogP contribution in [0.5, 0.6) is 0 Å². The molecule has 2 aromatic rings. The van der Waals surface area contributed by atoms with E-state index in [9.17, 15) is 14.7 Å². The number of aliphatic hydroxyl groups is 1. The SMILES string of the molecule is CCc1ccc(N2C(=O)Nc3ccc(Br)cc3C2(O)C(=O)NCC[NH+](C)C)cc1. The standard InChI is InChI=1S/C21H25BrN4O3/c1-4-14-5-8-16(9-6-14)26-20(28)24-18-10-7-15(22)13-17(18)21(26,29)19(27)23-11-12-25(2)3/h5-10,13,29H,4,11-12H2,1-3H3,(H,23,27)(H,24,28)/p+1. The van der Waals surface area contributed by atoms with Gasteiger partial charge in [-0.1, -0.05) is 35.0 Å². The summed E-state index contributed by atoms with van der Waals surface area (Å²) in [4.78, 5) is 28.4. The lowest BCUT2D eigenvalue weighted by molar-refractivity contribution is -0.856. The molecule has 1 aliphatic heterocycles. The Morgan fingerprint density at radius 3 is 2.55 bits per heavy atom. The molecule has 0 fully saturated rings. The Morgan fingerprint density at radius 2 is 1.93 bits per heavy atom. The first-order valence-electron chi connectivity index (χ1n) is 9.57. The molecule has 4 N–H and O–H groups in total. The highest BCUT2D eigenvalue weighted by Gasteiger charge is 2.52. The van der Waals surface area contributed by atoms with Gasteiger partial charge in [-0.25, -0.2) is 4.79 Å². The van der Waals surface area contributed by atoms with Crippen molar-refractivity contribution < 1.29 is 19.6 Å². The number of carbonyl (C=O) groups is 2. The molecule has 0 bridgehead atoms. The number of likely N-dealkylation sites (N-methyl/N-ethyl adjacent to an activating group) is 1. The second-order valence-electron chi connectivity index (χ2n) is 7.36. The number of quaternary nitrogens is 1. The number of fused-ring (bicyclic) bond motifs is 1. The summed E-state index contributed by atoms with van der Waals surface area (Å²) in [7, 11) is 3.95. The van der Waals surface area contributed by atoms with Gasteiger partial charge < -0.3 is 20.6 Å². The van der Waals surface area contributed by atoms with Crippen molar-refractivity contribution in [2.75, 3.05) is 37.4 Å². The monoisotopic (exact) mass is 461 g/mol. The fourth-order valence-electron chi connectivity index (χ4n) is 3.31. The highest BCUT2D eigenvalue weighted by atomic mass is 79.9. The Kier molecular flexibility index (Phi) is 6.26. The van der Waals surface area contributed by atoms with Crippen LogP contribution in [0.3, 0.4) is 0 Å². The minimum absolute atomic E-state index is 0.306. The first-order chi connectivity index (χ1) is 13.8. The summed E-state index contributed by atoms with van der Waals surface area (Å²) in [6.07, 6.45) is 0.847. The number of nitrogens with zero attached hydrogens (tertiary/aromatic N) is 1. The number of carbonyl (C=O) groups excluding carboxylic acids is 2. The van der Waals surface area contributed by atoms with Crippen molar-refractivity contribution in [1.82, 2.24) is 5.32 Å². The maximum absolute atomic E-state index is 13.2. The van der Waals surface area contributed by atoms with Crippen LogP contribution in [0.15, 0.2) is 46.9 Å². The number of benzene rings is 2. The number of rotatable bonds is 6. The van der Waals surface area contributed by atoms with Gasteiger partial charge in [0.2, 0.25) is 0 Å². The van der Waals surface area contributed by atoms with Gasteiger partial charge in [-0.3, -0.25) is 9.69 Å². The zero-order valence-corrected chi connectivity index (χ0v) is 18.3. The predicted molar refractivity (Wildman–Crippen MR) is 116 cm³/mol. The summed E-state index contributed by atoms with van der Waals surface area (Å²) in [6.45, 7) is 3.09. The molecule has 7 nitrogen and oxygen atoms in total. The average Bonchev–Trinajstić information content (AvgIpc) is 2.68. The van der Waals surface area contributed by atoms with Crippen LogP contribution in [-0.2, 0) is 16.9 Å². The molecule has 0 aliphatic carbocycles. The van der Waals surface area contributed by atoms with Gasteiger partial charge in [0, 0.05) is 15.7 Å². The third-order valence-corrected chi connectivity index (χ3v) is 5.45. The molecule has 1 heterocycles. The molecule has 0 saturated heterocycles. The Labute approximate surface area is 178 Å². The van der Waals surface area contributed by atoms with E-state index in [4.69, 9.17) is 0 Å². The van der Waals surface area contributed by atoms with Gasteiger partial charge in [-0.15, -0.1) is 0 Å². The molecule has 8 heteroatoms. The fourth-order valence-corrected chi connectivity index (χ4v) is 3.67. The first kappa shape index (κ1) is 21.3. The minimum Gasteiger partial charge on any atom is -0.359 e. The first-order valence-corrected chi connectivity index (χ1v) is 10.4. The van der Waals surface area contributed by atoms with Crippen LogP contribution in [0.2, 0.25) is 0 Å². The zero-order chi connectivity index (χ0) is 21.2. The van der Waals surface area contributed by atoms with Crippen LogP contribution in [0.25, 0.3) is 0 Å². The quantitative estimate of drug-likeness (QED) is 0.525. The second-order valence-corrected chi connectivity index (χ2v) is 8.28. The van der Waals surface area contributed by atoms with Gasteiger partial charge >= 0.3 is 6.03 Å². The van der Waals surface area contributed by atoms with E-state index in [0.717, 1.165) is 21.8 Å². The van der Waals surface area contributed by atoms with E-state index in [1.165, 1.54) is 0 Å². The fraction of sp³-hybridized carbons (Fsp3) is 0.333. The summed E-state index contributed by atoms with van der Waals surface area (Å²) in [5.41, 5.74) is 0.0466. The van der Waals surface area contributed by atoms with Crippen LogP contribution in [0.4, 0.5) is 16.2 Å². The molecule has 29 heavy (non-hydrogen) atoms. The number of aryl methyl sites for hydroxylation is 1. The number of amides is 3. The zero-order valence-electron chi connectivity index (χ0n) is 16.8. The molecule has 0 radical (unpaired) electrons. The van der Waals surface area contributed by atoms with Crippen molar-refractivity contribution >= 4 is 39.2 Å². The molecule has 2 aromatic carbocycles. The molecule has 154 valence electrons. The van der Waals surface area contributed by atoms with Crippen molar-refractivity contribution in [2.45, 2.75) is 19.1 Å². The summed E-state index contributed by atoms with van der Waals surface area (Å²) < 4.78 is 0.692. The Hall–Kier alpha value is -2.42. The second kappa shape index (κ2) is 8.52. The van der Waals surface area contributed by atoms with Crippen molar-refractivity contribution in [2.24, 2.45) is 0 Å². The number of halogens is 1. The molecule has 1 atom stereocenters. The van der Waals surface area contributed by atoms with Crippen LogP contribution in [-0.4, -0.2) is 44.2 Å². The number of nitrogens with one attached hydrogen (secondary N) is 3. The van der Waals surface area contributed by atoms with Crippen molar-refractivity contribution in [3.05, 3.63) is 58.1 Å². The maximum Gasteiger partial charge on any atom is 0.329 e. The van der Waals surface area contributed by atoms with Crippen LogP contribution < -0.4 is 20.4 Å². The van der Waals surface area contributed by atoms with Crippen LogP contribution in [0, 0.1) is 0 Å². The maximum atomic E-state index is 13.2. The van der Waals surface area contributed by atoms with Crippen molar-refractivity contribution in [3.63, 3.8) is 0 Å². The number of anilines is 2. The van der Waals surface area contributed by atoms with Gasteiger partial charge in [-0.2, -0.15) is 0 Å². The van der Waals surface area contributed by atoms with Gasteiger partial charge in [0.05, 0.1) is 32.9 Å². The lowest BCUT2D eigenvalue weighted by Gasteiger charge is -2.42. The largest absolute Gasteiger partial charge is 0.359 e. The molecule has 0 aromatic heterocycles. The highest BCUT2D eigenvalue weighted by Crippen LogP contribution is 2.41. The van der Waals surface area contributed by atoms with Gasteiger partial charge in [0.1, 0.15) is 0 Å². The third-order valence-electron chi connectivity index (χ3n) is 4.96. The Balaban J connectivity index is 2.08.